The van der Waals surface area contributed by atoms with E-state index in [2.05, 4.69) is 41.3 Å². The number of carboxylic acids is 1. The first kappa shape index (κ1) is 29.2. The fourth-order valence-corrected chi connectivity index (χ4v) is 9.28. The van der Waals surface area contributed by atoms with Crippen LogP contribution in [-0.4, -0.2) is 49.6 Å². The van der Waals surface area contributed by atoms with Crippen molar-refractivity contribution in [1.29, 1.82) is 0 Å². The molecule has 3 heterocycles. The van der Waals surface area contributed by atoms with E-state index in [1.165, 1.54) is 37.7 Å². The standard InChI is InChI=1S/C31H29N3O4S4/c1-3-4-14-40-20-11-9-19(10-12-20)34-23-7-5-6-21(23)22-15-18(8-13-24(22)34)16-25-28(37)33(17-26(35)36)30(41-25)27-29(38)32(2)31(39)42-27/h1,8-13,15-16,21,23H,3-7,14,17H2,2H3,(H,35,36)/b25-16-,30-27+. The quantitative estimate of drug-likeness (QED) is 0.215. The van der Waals surface area contributed by atoms with Gasteiger partial charge in [0.25, 0.3) is 11.5 Å². The number of hydrogen-bond donors (Lipinski definition) is 1. The maximum Gasteiger partial charge on any atom is 0.323 e. The highest BCUT2D eigenvalue weighted by molar-refractivity contribution is 8.30. The van der Waals surface area contributed by atoms with E-state index < -0.39 is 18.1 Å². The molecule has 1 saturated heterocycles. The SMILES string of the molecule is [CH]CCCSc1ccc(N2c3ccc(/C=c4\s/c(=C5/SC(=S)N(C)C5=O)n(CC(=O)O)c4=O)cc3C3CCCC32)cc1. The second-order valence-electron chi connectivity index (χ2n) is 10.5. The zero-order valence-electron chi connectivity index (χ0n) is 22.9. The molecule has 6 rings (SSSR count). The summed E-state index contributed by atoms with van der Waals surface area (Å²) in [5.41, 5.74) is 4.11. The van der Waals surface area contributed by atoms with Gasteiger partial charge in [-0.25, -0.2) is 0 Å². The van der Waals surface area contributed by atoms with Crippen molar-refractivity contribution in [3.8, 4) is 0 Å². The molecule has 3 aromatic rings. The van der Waals surface area contributed by atoms with Gasteiger partial charge in [-0.05, 0) is 92.0 Å². The number of nitrogens with zero attached hydrogens (tertiary/aromatic N) is 3. The zero-order valence-corrected chi connectivity index (χ0v) is 26.2. The summed E-state index contributed by atoms with van der Waals surface area (Å²) in [4.78, 5) is 43.1. The normalized spacial score (nSPS) is 21.4. The number of thiocarbonyl (C=S) groups is 1. The van der Waals surface area contributed by atoms with Gasteiger partial charge < -0.3 is 10.0 Å². The molecule has 2 aromatic carbocycles. The minimum absolute atomic E-state index is 0.285. The van der Waals surface area contributed by atoms with E-state index in [4.69, 9.17) is 19.1 Å². The molecule has 2 radical (unpaired) electrons. The lowest BCUT2D eigenvalue weighted by Crippen LogP contribution is -2.35. The minimum Gasteiger partial charge on any atom is -0.480 e. The van der Waals surface area contributed by atoms with E-state index >= 15 is 0 Å². The lowest BCUT2D eigenvalue weighted by atomic mass is 9.96. The van der Waals surface area contributed by atoms with Crippen molar-refractivity contribution in [3.05, 3.63) is 80.1 Å². The summed E-state index contributed by atoms with van der Waals surface area (Å²) >= 11 is 9.31. The fourth-order valence-electron chi connectivity index (χ4n) is 5.97. The Labute approximate surface area is 261 Å². The van der Waals surface area contributed by atoms with Gasteiger partial charge in [0, 0.05) is 35.3 Å². The third-order valence-electron chi connectivity index (χ3n) is 7.91. The number of benzene rings is 2. The molecule has 1 aliphatic carbocycles. The molecule has 0 bridgehead atoms. The Bertz CT molecular complexity index is 1760. The molecule has 42 heavy (non-hydrogen) atoms. The van der Waals surface area contributed by atoms with Gasteiger partial charge in [0.1, 0.15) is 20.4 Å². The molecule has 2 unspecified atom stereocenters. The number of hydrogen-bond acceptors (Lipinski definition) is 8. The largest absolute Gasteiger partial charge is 0.480 e. The van der Waals surface area contributed by atoms with Gasteiger partial charge in [-0.2, -0.15) is 0 Å². The Hall–Kier alpha value is -2.86. The van der Waals surface area contributed by atoms with Crippen molar-refractivity contribution < 1.29 is 14.7 Å². The summed E-state index contributed by atoms with van der Waals surface area (Å²) < 4.78 is 2.25. The van der Waals surface area contributed by atoms with Gasteiger partial charge in [0.15, 0.2) is 0 Å². The minimum atomic E-state index is -1.15. The van der Waals surface area contributed by atoms with E-state index in [0.717, 1.165) is 53.7 Å². The lowest BCUT2D eigenvalue weighted by Gasteiger charge is -2.27. The molecule has 2 aliphatic heterocycles. The summed E-state index contributed by atoms with van der Waals surface area (Å²) in [5.74, 6) is -0.0572. The predicted molar refractivity (Wildman–Crippen MR) is 175 cm³/mol. The molecule has 3 aliphatic rings. The molecule has 1 amide bonds. The monoisotopic (exact) mass is 635 g/mol. The zero-order chi connectivity index (χ0) is 29.5. The number of anilines is 2. The molecular weight excluding hydrogens is 607 g/mol. The number of carboxylic acid groups (broad SMARTS) is 1. The number of rotatable bonds is 8. The summed E-state index contributed by atoms with van der Waals surface area (Å²) in [6.07, 6.45) is 6.92. The first-order chi connectivity index (χ1) is 20.3. The van der Waals surface area contributed by atoms with Crippen molar-refractivity contribution in [2.75, 3.05) is 17.7 Å². The van der Waals surface area contributed by atoms with Crippen LogP contribution in [0.3, 0.4) is 0 Å². The highest BCUT2D eigenvalue weighted by Gasteiger charge is 2.42. The van der Waals surface area contributed by atoms with Crippen LogP contribution in [-0.2, 0) is 16.1 Å². The maximum atomic E-state index is 13.4. The van der Waals surface area contributed by atoms with Crippen LogP contribution in [0.1, 0.15) is 49.1 Å². The average molecular weight is 636 g/mol. The second-order valence-corrected chi connectivity index (χ2v) is 14.4. The maximum absolute atomic E-state index is 13.4. The van der Waals surface area contributed by atoms with Crippen LogP contribution in [0.15, 0.2) is 52.2 Å². The van der Waals surface area contributed by atoms with Crippen molar-refractivity contribution >= 4 is 85.6 Å². The van der Waals surface area contributed by atoms with Crippen molar-refractivity contribution in [1.82, 2.24) is 9.47 Å². The number of thiazole rings is 1. The number of carbonyl (C=O) groups is 2. The molecule has 1 N–H and O–H groups in total. The van der Waals surface area contributed by atoms with Crippen molar-refractivity contribution in [3.63, 3.8) is 0 Å². The van der Waals surface area contributed by atoms with E-state index in [1.54, 1.807) is 7.05 Å². The molecule has 2 atom stereocenters. The van der Waals surface area contributed by atoms with Crippen molar-refractivity contribution in [2.45, 2.75) is 55.5 Å². The average Bonchev–Trinajstić information content (AvgIpc) is 3.70. The van der Waals surface area contributed by atoms with E-state index in [9.17, 15) is 19.5 Å². The van der Waals surface area contributed by atoms with Crippen LogP contribution in [0.25, 0.3) is 11.0 Å². The molecule has 1 aromatic heterocycles. The van der Waals surface area contributed by atoms with Gasteiger partial charge in [0.05, 0.1) is 4.53 Å². The van der Waals surface area contributed by atoms with Gasteiger partial charge in [0.2, 0.25) is 0 Å². The molecular formula is C31H29N3O4S4. The van der Waals surface area contributed by atoms with Crippen LogP contribution in [0.5, 0.6) is 0 Å². The summed E-state index contributed by atoms with van der Waals surface area (Å²) in [5, 5.41) is 9.49. The molecule has 7 nitrogen and oxygen atoms in total. The smallest absolute Gasteiger partial charge is 0.323 e. The number of fused-ring (bicyclic) bond motifs is 3. The Morgan fingerprint density at radius 3 is 2.67 bits per heavy atom. The van der Waals surface area contributed by atoms with Crippen LogP contribution >= 0.6 is 47.1 Å². The highest BCUT2D eigenvalue weighted by atomic mass is 32.2. The van der Waals surface area contributed by atoms with E-state index in [-0.39, 0.29) is 10.8 Å². The highest BCUT2D eigenvalue weighted by Crippen LogP contribution is 2.52. The summed E-state index contributed by atoms with van der Waals surface area (Å²) in [6.45, 7) is 5.11. The number of amides is 1. The lowest BCUT2D eigenvalue weighted by molar-refractivity contribution is -0.137. The molecule has 11 heteroatoms. The third kappa shape index (κ3) is 5.36. The molecule has 216 valence electrons. The summed E-state index contributed by atoms with van der Waals surface area (Å²) in [7, 11) is 1.58. The number of carbonyl (C=O) groups excluding carboxylic acids is 1. The van der Waals surface area contributed by atoms with Crippen molar-refractivity contribution in [2.24, 2.45) is 0 Å². The van der Waals surface area contributed by atoms with Crippen LogP contribution in [0.2, 0.25) is 0 Å². The van der Waals surface area contributed by atoms with Gasteiger partial charge in [-0.3, -0.25) is 23.9 Å². The van der Waals surface area contributed by atoms with Crippen LogP contribution in [0, 0.1) is 6.92 Å². The Kier molecular flexibility index (Phi) is 8.37. The van der Waals surface area contributed by atoms with Crippen LogP contribution < -0.4 is 19.7 Å². The summed E-state index contributed by atoms with van der Waals surface area (Å²) in [6, 6.07) is 15.5. The molecule has 0 spiro atoms. The number of aliphatic carboxylic acids is 1. The van der Waals surface area contributed by atoms with E-state index in [0.29, 0.717) is 31.9 Å². The third-order valence-corrected chi connectivity index (χ3v) is 11.8. The molecule has 1 saturated carbocycles. The Balaban J connectivity index is 1.38. The predicted octanol–water partition coefficient (Wildman–Crippen LogP) is 4.79. The molecule has 2 fully saturated rings. The second kappa shape index (κ2) is 12.0. The number of aromatic nitrogens is 1. The first-order valence-electron chi connectivity index (χ1n) is 13.8. The van der Waals surface area contributed by atoms with Gasteiger partial charge in [-0.1, -0.05) is 36.5 Å². The van der Waals surface area contributed by atoms with Crippen LogP contribution in [0.4, 0.5) is 11.4 Å². The Morgan fingerprint density at radius 2 is 1.98 bits per heavy atom. The number of unbranched alkanes of at least 4 members (excludes halogenated alkanes) is 1. The first-order valence-corrected chi connectivity index (χ1v) is 16.8. The Morgan fingerprint density at radius 1 is 1.19 bits per heavy atom. The van der Waals surface area contributed by atoms with Gasteiger partial charge >= 0.3 is 5.97 Å². The number of thioether (sulfide) groups is 2. The fraction of sp³-hybridized carbons (Fsp3) is 0.323. The topological polar surface area (TPSA) is 82.8 Å². The van der Waals surface area contributed by atoms with E-state index in [1.807, 2.05) is 23.9 Å². The van der Waals surface area contributed by atoms with Gasteiger partial charge in [-0.15, -0.1) is 23.1 Å².